The van der Waals surface area contributed by atoms with E-state index in [9.17, 15) is 9.59 Å². The normalized spacial score (nSPS) is 8.48. The molecule has 0 saturated heterocycles. The number of aldehydes is 1. The highest BCUT2D eigenvalue weighted by atomic mass is 16.4. The molecule has 5 nitrogen and oxygen atoms in total. The molecule has 0 spiro atoms. The van der Waals surface area contributed by atoms with Crippen molar-refractivity contribution in [3.8, 4) is 0 Å². The summed E-state index contributed by atoms with van der Waals surface area (Å²) in [4.78, 5) is 26.8. The van der Waals surface area contributed by atoms with Gasteiger partial charge in [-0.15, -0.1) is 0 Å². The molecule has 0 aliphatic heterocycles. The van der Waals surface area contributed by atoms with Gasteiger partial charge in [0, 0.05) is 11.1 Å². The van der Waals surface area contributed by atoms with Gasteiger partial charge in [-0.25, -0.2) is 14.5 Å². The molecule has 0 fully saturated rings. The van der Waals surface area contributed by atoms with E-state index in [0.717, 1.165) is 6.29 Å². The van der Waals surface area contributed by atoms with E-state index in [1.54, 1.807) is 36.4 Å². The van der Waals surface area contributed by atoms with Crippen LogP contribution in [0.4, 0.5) is 11.4 Å². The number of carboxylic acids is 1. The summed E-state index contributed by atoms with van der Waals surface area (Å²) >= 11 is 0. The van der Waals surface area contributed by atoms with Gasteiger partial charge in [0.1, 0.15) is 6.29 Å². The average Bonchev–Trinajstić information content (AvgIpc) is 2.55. The maximum atomic E-state index is 10.4. The molecule has 0 amide bonds. The molecule has 0 aliphatic carbocycles. The predicted octanol–water partition coefficient (Wildman–Crippen LogP) is 3.99. The fraction of sp³-hybridized carbons (Fsp3) is 0. The monoisotopic (exact) mass is 278 g/mol. The van der Waals surface area contributed by atoms with Crippen LogP contribution >= 0.6 is 0 Å². The Kier molecular flexibility index (Phi) is 5.86. The van der Waals surface area contributed by atoms with Crippen LogP contribution in [0.5, 0.6) is 0 Å². The molecule has 0 unspecified atom stereocenters. The molecule has 0 atom stereocenters. The van der Waals surface area contributed by atoms with Crippen LogP contribution in [0.1, 0.15) is 20.7 Å². The molecule has 21 heavy (non-hydrogen) atoms. The van der Waals surface area contributed by atoms with E-state index in [0.29, 0.717) is 16.9 Å². The van der Waals surface area contributed by atoms with Gasteiger partial charge in [-0.1, -0.05) is 36.4 Å². The van der Waals surface area contributed by atoms with Crippen molar-refractivity contribution in [1.29, 1.82) is 0 Å². The Morgan fingerprint density at radius 1 is 1.00 bits per heavy atom. The fourth-order valence-corrected chi connectivity index (χ4v) is 1.38. The van der Waals surface area contributed by atoms with E-state index in [2.05, 4.69) is 9.69 Å². The van der Waals surface area contributed by atoms with Crippen molar-refractivity contribution in [3.63, 3.8) is 0 Å². The molecular weight excluding hydrogens is 268 g/mol. The van der Waals surface area contributed by atoms with E-state index < -0.39 is 5.97 Å². The third kappa shape index (κ3) is 4.98. The summed E-state index contributed by atoms with van der Waals surface area (Å²) in [6, 6.07) is 12.5. The number of carbonyl (C=O) groups excluding carboxylic acids is 1. The van der Waals surface area contributed by atoms with Crippen LogP contribution in [0.25, 0.3) is 9.69 Å². The van der Waals surface area contributed by atoms with Crippen molar-refractivity contribution in [2.75, 3.05) is 0 Å². The number of benzene rings is 2. The smallest absolute Gasteiger partial charge is 0.334 e. The van der Waals surface area contributed by atoms with Crippen LogP contribution in [-0.2, 0) is 0 Å². The summed E-state index contributed by atoms with van der Waals surface area (Å²) in [6.07, 6.45) is 0.731. The van der Waals surface area contributed by atoms with Crippen molar-refractivity contribution < 1.29 is 14.7 Å². The Balaban J connectivity index is 0.000000211. The molecule has 0 bridgehead atoms. The van der Waals surface area contributed by atoms with Crippen LogP contribution in [-0.4, -0.2) is 17.4 Å². The lowest BCUT2D eigenvalue weighted by molar-refractivity contribution is 0.0697. The summed E-state index contributed by atoms with van der Waals surface area (Å²) in [6.45, 7) is 13.2. The number of aromatic carboxylic acids is 1. The maximum absolute atomic E-state index is 10.4. The first kappa shape index (κ1) is 15.6. The molecule has 5 heteroatoms. The largest absolute Gasteiger partial charge is 0.478 e. The zero-order valence-electron chi connectivity index (χ0n) is 10.9. The summed E-state index contributed by atoms with van der Waals surface area (Å²) < 4.78 is 0. The van der Waals surface area contributed by atoms with Crippen molar-refractivity contribution in [2.24, 2.45) is 0 Å². The lowest BCUT2D eigenvalue weighted by Gasteiger charge is -1.92. The van der Waals surface area contributed by atoms with Gasteiger partial charge in [0.2, 0.25) is 0 Å². The molecule has 102 valence electrons. The van der Waals surface area contributed by atoms with Crippen LogP contribution < -0.4 is 0 Å². The molecule has 0 aliphatic rings. The summed E-state index contributed by atoms with van der Waals surface area (Å²) in [5.74, 6) is -1.00. The molecule has 2 rings (SSSR count). The number of rotatable bonds is 2. The van der Waals surface area contributed by atoms with Gasteiger partial charge in [-0.05, 0) is 12.1 Å². The Morgan fingerprint density at radius 2 is 1.57 bits per heavy atom. The van der Waals surface area contributed by atoms with Gasteiger partial charge < -0.3 is 5.11 Å². The lowest BCUT2D eigenvalue weighted by atomic mass is 10.2. The van der Waals surface area contributed by atoms with Crippen molar-refractivity contribution in [1.82, 2.24) is 0 Å². The predicted molar refractivity (Wildman–Crippen MR) is 77.8 cm³/mol. The first-order valence-electron chi connectivity index (χ1n) is 5.74. The SMILES string of the molecule is [C-]#[N+]c1cccc(C(=O)O)c1.[C-]#[N+]c1cccc(C=O)c1. The van der Waals surface area contributed by atoms with Gasteiger partial charge in [0.15, 0.2) is 11.4 Å². The molecule has 2 aromatic carbocycles. The maximum Gasteiger partial charge on any atom is 0.334 e. The van der Waals surface area contributed by atoms with Crippen LogP contribution in [0.15, 0.2) is 48.5 Å². The van der Waals surface area contributed by atoms with E-state index in [4.69, 9.17) is 18.3 Å². The van der Waals surface area contributed by atoms with E-state index >= 15 is 0 Å². The zero-order chi connectivity index (χ0) is 15.7. The second-order valence-corrected chi connectivity index (χ2v) is 3.79. The number of carbonyl (C=O) groups is 2. The Morgan fingerprint density at radius 3 is 2.10 bits per heavy atom. The quantitative estimate of drug-likeness (QED) is 0.667. The highest BCUT2D eigenvalue weighted by molar-refractivity contribution is 5.88. The van der Waals surface area contributed by atoms with Gasteiger partial charge in [0.05, 0.1) is 13.1 Å². The van der Waals surface area contributed by atoms with Crippen LogP contribution in [0, 0.1) is 13.1 Å². The topological polar surface area (TPSA) is 63.1 Å². The van der Waals surface area contributed by atoms with Crippen LogP contribution in [0.3, 0.4) is 0 Å². The second-order valence-electron chi connectivity index (χ2n) is 3.79. The zero-order valence-corrected chi connectivity index (χ0v) is 10.9. The number of nitrogens with zero attached hydrogens (tertiary/aromatic N) is 2. The fourth-order valence-electron chi connectivity index (χ4n) is 1.38. The number of carboxylic acid groups (broad SMARTS) is 1. The molecule has 1 N–H and O–H groups in total. The molecule has 2 aromatic rings. The van der Waals surface area contributed by atoms with Gasteiger partial charge >= 0.3 is 5.97 Å². The van der Waals surface area contributed by atoms with E-state index in [1.165, 1.54) is 12.1 Å². The highest BCUT2D eigenvalue weighted by Crippen LogP contribution is 2.13. The first-order chi connectivity index (χ1) is 10.1. The second kappa shape index (κ2) is 7.88. The summed E-state index contributed by atoms with van der Waals surface area (Å²) in [5.41, 5.74) is 1.56. The van der Waals surface area contributed by atoms with Gasteiger partial charge in [-0.2, -0.15) is 0 Å². The lowest BCUT2D eigenvalue weighted by Crippen LogP contribution is -1.93. The Bertz CT molecular complexity index is 740. The highest BCUT2D eigenvalue weighted by Gasteiger charge is 2.01. The third-order valence-electron chi connectivity index (χ3n) is 2.36. The average molecular weight is 278 g/mol. The van der Waals surface area contributed by atoms with Crippen molar-refractivity contribution in [2.45, 2.75) is 0 Å². The minimum absolute atomic E-state index is 0.151. The molecule has 0 radical (unpaired) electrons. The number of hydrogen-bond donors (Lipinski definition) is 1. The molecule has 0 heterocycles. The van der Waals surface area contributed by atoms with Crippen molar-refractivity contribution in [3.05, 3.63) is 82.5 Å². The molecular formula is C16H10N2O3. The Hall–Kier alpha value is -3.44. The summed E-state index contributed by atoms with van der Waals surface area (Å²) in [5, 5.41) is 8.50. The first-order valence-corrected chi connectivity index (χ1v) is 5.74. The minimum Gasteiger partial charge on any atom is -0.478 e. The third-order valence-corrected chi connectivity index (χ3v) is 2.36. The number of hydrogen-bond acceptors (Lipinski definition) is 2. The van der Waals surface area contributed by atoms with Crippen LogP contribution in [0.2, 0.25) is 0 Å². The van der Waals surface area contributed by atoms with Gasteiger partial charge in [-0.3, -0.25) is 4.79 Å². The molecule has 0 saturated carbocycles. The van der Waals surface area contributed by atoms with Crippen molar-refractivity contribution >= 4 is 23.6 Å². The van der Waals surface area contributed by atoms with E-state index in [-0.39, 0.29) is 5.56 Å². The standard InChI is InChI=1S/C8H5NO2.C8H5NO/c1-9-7-4-2-3-6(5-7)8(10)11;1-9-8-4-2-3-7(5-8)6-10/h2-5H,(H,10,11);2-6H. The van der Waals surface area contributed by atoms with E-state index in [1.807, 2.05) is 0 Å². The Labute approximate surface area is 121 Å². The molecule has 0 aromatic heterocycles. The summed E-state index contributed by atoms with van der Waals surface area (Å²) in [7, 11) is 0. The minimum atomic E-state index is -1.00. The van der Waals surface area contributed by atoms with Gasteiger partial charge in [0.25, 0.3) is 0 Å².